The van der Waals surface area contributed by atoms with Crippen LogP contribution >= 0.6 is 0 Å². The van der Waals surface area contributed by atoms with Gasteiger partial charge in [0.25, 0.3) is 5.91 Å². The molecule has 3 aromatic rings. The van der Waals surface area contributed by atoms with E-state index in [1.165, 1.54) is 0 Å². The molecule has 0 saturated carbocycles. The molecule has 5 nitrogen and oxygen atoms in total. The minimum atomic E-state index is 0.0456. The van der Waals surface area contributed by atoms with Crippen LogP contribution in [0, 0.1) is 0 Å². The highest BCUT2D eigenvalue weighted by Crippen LogP contribution is 2.23. The van der Waals surface area contributed by atoms with Crippen molar-refractivity contribution in [2.24, 2.45) is 0 Å². The molecule has 1 saturated heterocycles. The number of carbonyl (C=O) groups is 1. The van der Waals surface area contributed by atoms with Crippen LogP contribution in [0.4, 0.5) is 0 Å². The third kappa shape index (κ3) is 3.64. The average molecular weight is 360 g/mol. The van der Waals surface area contributed by atoms with Crippen LogP contribution in [0.3, 0.4) is 0 Å². The molecule has 5 heteroatoms. The zero-order valence-corrected chi connectivity index (χ0v) is 15.6. The van der Waals surface area contributed by atoms with Crippen molar-refractivity contribution >= 4 is 5.91 Å². The van der Waals surface area contributed by atoms with Crippen molar-refractivity contribution in [3.05, 3.63) is 72.4 Å². The lowest BCUT2D eigenvalue weighted by atomic mass is 10.1. The molecule has 2 aromatic carbocycles. The first-order valence-corrected chi connectivity index (χ1v) is 9.49. The molecule has 0 unspecified atom stereocenters. The molecule has 0 radical (unpaired) electrons. The number of benzene rings is 2. The zero-order chi connectivity index (χ0) is 18.6. The van der Waals surface area contributed by atoms with Crippen molar-refractivity contribution in [1.82, 2.24) is 19.6 Å². The summed E-state index contributed by atoms with van der Waals surface area (Å²) in [6.45, 7) is 6.55. The second-order valence-electron chi connectivity index (χ2n) is 6.75. The summed E-state index contributed by atoms with van der Waals surface area (Å²) in [5.41, 5.74) is 3.34. The van der Waals surface area contributed by atoms with E-state index in [2.05, 4.69) is 11.8 Å². The highest BCUT2D eigenvalue weighted by molar-refractivity contribution is 5.94. The van der Waals surface area contributed by atoms with Gasteiger partial charge in [-0.25, -0.2) is 4.68 Å². The molecule has 0 aliphatic carbocycles. The Hall–Kier alpha value is -2.92. The molecule has 138 valence electrons. The number of piperazine rings is 1. The van der Waals surface area contributed by atoms with Crippen molar-refractivity contribution in [1.29, 1.82) is 0 Å². The minimum Gasteiger partial charge on any atom is -0.335 e. The minimum absolute atomic E-state index is 0.0456. The number of nitrogens with zero attached hydrogens (tertiary/aromatic N) is 4. The Morgan fingerprint density at radius 2 is 1.56 bits per heavy atom. The fourth-order valence-electron chi connectivity index (χ4n) is 3.48. The van der Waals surface area contributed by atoms with Crippen LogP contribution in [0.15, 0.2) is 66.7 Å². The van der Waals surface area contributed by atoms with Crippen LogP contribution in [0.2, 0.25) is 0 Å². The summed E-state index contributed by atoms with van der Waals surface area (Å²) in [6, 6.07) is 21.8. The topological polar surface area (TPSA) is 41.4 Å². The standard InChI is InChI=1S/C22H24N4O/c1-2-24-13-15-25(16-14-24)22(27)21-17-20(18-9-5-3-6-10-18)23-26(21)19-11-7-4-8-12-19/h3-12,17H,2,13-16H2,1H3. The highest BCUT2D eigenvalue weighted by Gasteiger charge is 2.25. The zero-order valence-electron chi connectivity index (χ0n) is 15.6. The SMILES string of the molecule is CCN1CCN(C(=O)c2cc(-c3ccccc3)nn2-c2ccccc2)CC1. The van der Waals surface area contributed by atoms with Crippen LogP contribution in [0.25, 0.3) is 16.9 Å². The molecular formula is C22H24N4O. The molecule has 2 heterocycles. The molecule has 1 aromatic heterocycles. The lowest BCUT2D eigenvalue weighted by Crippen LogP contribution is -2.48. The predicted molar refractivity (Wildman–Crippen MR) is 107 cm³/mol. The lowest BCUT2D eigenvalue weighted by molar-refractivity contribution is 0.0634. The predicted octanol–water partition coefficient (Wildman–Crippen LogP) is 3.32. The normalized spacial score (nSPS) is 15.1. The first kappa shape index (κ1) is 17.5. The molecular weight excluding hydrogens is 336 g/mol. The van der Waals surface area contributed by atoms with Crippen molar-refractivity contribution in [3.8, 4) is 16.9 Å². The summed E-state index contributed by atoms with van der Waals surface area (Å²) >= 11 is 0. The van der Waals surface area contributed by atoms with E-state index in [0.717, 1.165) is 49.7 Å². The molecule has 0 N–H and O–H groups in total. The van der Waals surface area contributed by atoms with Gasteiger partial charge in [-0.15, -0.1) is 0 Å². The summed E-state index contributed by atoms with van der Waals surface area (Å²) in [7, 11) is 0. The van der Waals surface area contributed by atoms with Gasteiger partial charge < -0.3 is 9.80 Å². The van der Waals surface area contributed by atoms with E-state index in [1.807, 2.05) is 71.6 Å². The van der Waals surface area contributed by atoms with Gasteiger partial charge in [-0.05, 0) is 24.7 Å². The number of likely N-dealkylation sites (N-methyl/N-ethyl adjacent to an activating group) is 1. The van der Waals surface area contributed by atoms with Crippen LogP contribution in [-0.4, -0.2) is 58.2 Å². The Morgan fingerprint density at radius 1 is 0.926 bits per heavy atom. The molecule has 1 aliphatic rings. The van der Waals surface area contributed by atoms with E-state index in [1.54, 1.807) is 4.68 Å². The van der Waals surface area contributed by atoms with Crippen LogP contribution in [0.5, 0.6) is 0 Å². The number of aromatic nitrogens is 2. The first-order valence-electron chi connectivity index (χ1n) is 9.49. The van der Waals surface area contributed by atoms with Gasteiger partial charge in [-0.1, -0.05) is 55.5 Å². The lowest BCUT2D eigenvalue weighted by Gasteiger charge is -2.34. The molecule has 0 bridgehead atoms. The van der Waals surface area contributed by atoms with Gasteiger partial charge in [0.2, 0.25) is 0 Å². The van der Waals surface area contributed by atoms with Crippen molar-refractivity contribution in [3.63, 3.8) is 0 Å². The molecule has 1 amide bonds. The smallest absolute Gasteiger partial charge is 0.272 e. The number of hydrogen-bond donors (Lipinski definition) is 0. The quantitative estimate of drug-likeness (QED) is 0.717. The van der Waals surface area contributed by atoms with Crippen molar-refractivity contribution in [2.75, 3.05) is 32.7 Å². The number of para-hydroxylation sites is 1. The van der Waals surface area contributed by atoms with E-state index < -0.39 is 0 Å². The number of amides is 1. The second kappa shape index (κ2) is 7.76. The molecule has 4 rings (SSSR count). The third-order valence-electron chi connectivity index (χ3n) is 5.11. The number of rotatable bonds is 4. The van der Waals surface area contributed by atoms with Gasteiger partial charge in [-0.3, -0.25) is 4.79 Å². The van der Waals surface area contributed by atoms with Gasteiger partial charge in [0.05, 0.1) is 11.4 Å². The van der Waals surface area contributed by atoms with Gasteiger partial charge in [0.15, 0.2) is 0 Å². The molecule has 0 atom stereocenters. The van der Waals surface area contributed by atoms with E-state index in [9.17, 15) is 4.79 Å². The summed E-state index contributed by atoms with van der Waals surface area (Å²) < 4.78 is 1.77. The van der Waals surface area contributed by atoms with E-state index >= 15 is 0 Å². The van der Waals surface area contributed by atoms with E-state index in [-0.39, 0.29) is 5.91 Å². The maximum absolute atomic E-state index is 13.3. The Morgan fingerprint density at radius 3 is 2.19 bits per heavy atom. The van der Waals surface area contributed by atoms with E-state index in [0.29, 0.717) is 5.69 Å². The van der Waals surface area contributed by atoms with Crippen LogP contribution < -0.4 is 0 Å². The Bertz CT molecular complexity index is 897. The Balaban J connectivity index is 1.70. The summed E-state index contributed by atoms with van der Waals surface area (Å²) in [5.74, 6) is 0.0456. The van der Waals surface area contributed by atoms with Crippen LogP contribution in [-0.2, 0) is 0 Å². The Kier molecular flexibility index (Phi) is 5.03. The fourth-order valence-corrected chi connectivity index (χ4v) is 3.48. The summed E-state index contributed by atoms with van der Waals surface area (Å²) in [6.07, 6.45) is 0. The average Bonchev–Trinajstić information content (AvgIpc) is 3.20. The Labute approximate surface area is 159 Å². The van der Waals surface area contributed by atoms with Crippen molar-refractivity contribution < 1.29 is 4.79 Å². The number of carbonyl (C=O) groups excluding carboxylic acids is 1. The number of hydrogen-bond acceptors (Lipinski definition) is 3. The monoisotopic (exact) mass is 360 g/mol. The maximum atomic E-state index is 13.3. The summed E-state index contributed by atoms with van der Waals surface area (Å²) in [5, 5.41) is 4.76. The fraction of sp³-hybridized carbons (Fsp3) is 0.273. The van der Waals surface area contributed by atoms with Gasteiger partial charge in [0.1, 0.15) is 5.69 Å². The molecule has 0 spiro atoms. The van der Waals surface area contributed by atoms with Crippen LogP contribution in [0.1, 0.15) is 17.4 Å². The summed E-state index contributed by atoms with van der Waals surface area (Å²) in [4.78, 5) is 17.6. The maximum Gasteiger partial charge on any atom is 0.272 e. The molecule has 1 fully saturated rings. The van der Waals surface area contributed by atoms with Gasteiger partial charge in [0, 0.05) is 31.7 Å². The van der Waals surface area contributed by atoms with Gasteiger partial charge >= 0.3 is 0 Å². The highest BCUT2D eigenvalue weighted by atomic mass is 16.2. The third-order valence-corrected chi connectivity index (χ3v) is 5.11. The van der Waals surface area contributed by atoms with E-state index in [4.69, 9.17) is 5.10 Å². The molecule has 27 heavy (non-hydrogen) atoms. The largest absolute Gasteiger partial charge is 0.335 e. The first-order chi connectivity index (χ1) is 13.3. The second-order valence-corrected chi connectivity index (χ2v) is 6.75. The van der Waals surface area contributed by atoms with Crippen molar-refractivity contribution in [2.45, 2.75) is 6.92 Å². The van der Waals surface area contributed by atoms with Gasteiger partial charge in [-0.2, -0.15) is 5.10 Å². The molecule has 1 aliphatic heterocycles.